The molecule has 1 aromatic rings. The molecule has 0 radical (unpaired) electrons. The lowest BCUT2D eigenvalue weighted by Gasteiger charge is -2.10. The number of anilines is 1. The number of rotatable bonds is 8. The van der Waals surface area contributed by atoms with Crippen LogP contribution in [-0.4, -0.2) is 34.5 Å². The molecule has 0 aliphatic rings. The standard InChI is InChI=1S/C14H19N3O5/c1-9(2)16-14(20)10-5-6-11(12(8-10)17(21)22)15-7-3-4-13(18)19/h5-6,8-9,15H,3-4,7H2,1-2H3,(H,16,20)(H,18,19). The number of hydrogen-bond acceptors (Lipinski definition) is 5. The first-order valence-corrected chi connectivity index (χ1v) is 6.86. The largest absolute Gasteiger partial charge is 0.481 e. The molecule has 1 amide bonds. The Labute approximate surface area is 127 Å². The van der Waals surface area contributed by atoms with Crippen molar-refractivity contribution in [3.05, 3.63) is 33.9 Å². The first-order chi connectivity index (χ1) is 10.3. The van der Waals surface area contributed by atoms with Gasteiger partial charge in [-0.05, 0) is 32.4 Å². The van der Waals surface area contributed by atoms with E-state index in [0.717, 1.165) is 0 Å². The summed E-state index contributed by atoms with van der Waals surface area (Å²) in [7, 11) is 0. The number of carboxylic acids is 1. The molecule has 0 aliphatic carbocycles. The zero-order valence-electron chi connectivity index (χ0n) is 12.5. The molecule has 120 valence electrons. The van der Waals surface area contributed by atoms with E-state index in [1.165, 1.54) is 18.2 Å². The van der Waals surface area contributed by atoms with Gasteiger partial charge in [-0.2, -0.15) is 0 Å². The fourth-order valence-corrected chi connectivity index (χ4v) is 1.78. The Morgan fingerprint density at radius 2 is 2.05 bits per heavy atom. The molecule has 0 spiro atoms. The van der Waals surface area contributed by atoms with Crippen molar-refractivity contribution >= 4 is 23.3 Å². The maximum absolute atomic E-state index is 11.9. The number of nitro benzene ring substituents is 1. The molecule has 0 atom stereocenters. The van der Waals surface area contributed by atoms with Gasteiger partial charge in [-0.1, -0.05) is 0 Å². The minimum Gasteiger partial charge on any atom is -0.481 e. The summed E-state index contributed by atoms with van der Waals surface area (Å²) < 4.78 is 0. The minimum absolute atomic E-state index is 0.0182. The van der Waals surface area contributed by atoms with E-state index in [0.29, 0.717) is 13.0 Å². The number of nitrogens with one attached hydrogen (secondary N) is 2. The van der Waals surface area contributed by atoms with Crippen LogP contribution in [0.25, 0.3) is 0 Å². The molecular weight excluding hydrogens is 290 g/mol. The van der Waals surface area contributed by atoms with Crippen molar-refractivity contribution in [2.75, 3.05) is 11.9 Å². The third-order valence-electron chi connectivity index (χ3n) is 2.76. The number of aliphatic carboxylic acids is 1. The maximum atomic E-state index is 11.9. The summed E-state index contributed by atoms with van der Waals surface area (Å²) in [6, 6.07) is 4.08. The minimum atomic E-state index is -0.919. The number of nitrogens with zero attached hydrogens (tertiary/aromatic N) is 1. The first kappa shape index (κ1) is 17.4. The lowest BCUT2D eigenvalue weighted by Crippen LogP contribution is -2.30. The van der Waals surface area contributed by atoms with E-state index in [1.807, 2.05) is 0 Å². The average Bonchev–Trinajstić information content (AvgIpc) is 2.42. The van der Waals surface area contributed by atoms with Gasteiger partial charge in [-0.25, -0.2) is 0 Å². The molecule has 3 N–H and O–H groups in total. The van der Waals surface area contributed by atoms with Crippen LogP contribution in [0.1, 0.15) is 37.0 Å². The van der Waals surface area contributed by atoms with Gasteiger partial charge >= 0.3 is 5.97 Å². The highest BCUT2D eigenvalue weighted by Crippen LogP contribution is 2.25. The van der Waals surface area contributed by atoms with E-state index in [-0.39, 0.29) is 35.3 Å². The summed E-state index contributed by atoms with van der Waals surface area (Å²) in [5.74, 6) is -1.30. The van der Waals surface area contributed by atoms with Crippen molar-refractivity contribution in [1.82, 2.24) is 5.32 Å². The molecule has 0 bridgehead atoms. The van der Waals surface area contributed by atoms with E-state index in [4.69, 9.17) is 5.11 Å². The van der Waals surface area contributed by atoms with Crippen molar-refractivity contribution in [2.24, 2.45) is 0 Å². The van der Waals surface area contributed by atoms with Gasteiger partial charge in [-0.3, -0.25) is 19.7 Å². The highest BCUT2D eigenvalue weighted by molar-refractivity contribution is 5.95. The molecule has 0 aliphatic heterocycles. The number of carbonyl (C=O) groups excluding carboxylic acids is 1. The van der Waals surface area contributed by atoms with Gasteiger partial charge in [0, 0.05) is 30.6 Å². The van der Waals surface area contributed by atoms with Gasteiger partial charge in [0.15, 0.2) is 0 Å². The Morgan fingerprint density at radius 3 is 2.59 bits per heavy atom. The second-order valence-corrected chi connectivity index (χ2v) is 5.04. The van der Waals surface area contributed by atoms with Crippen LogP contribution in [-0.2, 0) is 4.79 Å². The predicted molar refractivity (Wildman–Crippen MR) is 81.1 cm³/mol. The normalized spacial score (nSPS) is 10.3. The quantitative estimate of drug-likeness (QED) is 0.383. The number of carboxylic acid groups (broad SMARTS) is 1. The fourth-order valence-electron chi connectivity index (χ4n) is 1.78. The van der Waals surface area contributed by atoms with Gasteiger partial charge in [0.1, 0.15) is 5.69 Å². The second-order valence-electron chi connectivity index (χ2n) is 5.04. The summed E-state index contributed by atoms with van der Waals surface area (Å²) in [4.78, 5) is 32.8. The topological polar surface area (TPSA) is 122 Å². The number of hydrogen-bond donors (Lipinski definition) is 3. The Morgan fingerprint density at radius 1 is 1.36 bits per heavy atom. The summed E-state index contributed by atoms with van der Waals surface area (Å²) in [6.07, 6.45) is 0.331. The number of benzene rings is 1. The molecule has 22 heavy (non-hydrogen) atoms. The highest BCUT2D eigenvalue weighted by Gasteiger charge is 2.17. The third-order valence-corrected chi connectivity index (χ3v) is 2.76. The van der Waals surface area contributed by atoms with Crippen LogP contribution < -0.4 is 10.6 Å². The van der Waals surface area contributed by atoms with Crippen LogP contribution in [0.15, 0.2) is 18.2 Å². The van der Waals surface area contributed by atoms with Crippen molar-refractivity contribution in [2.45, 2.75) is 32.7 Å². The average molecular weight is 309 g/mol. The zero-order valence-corrected chi connectivity index (χ0v) is 12.5. The van der Waals surface area contributed by atoms with Crippen LogP contribution in [0.3, 0.4) is 0 Å². The molecule has 0 heterocycles. The summed E-state index contributed by atoms with van der Waals surface area (Å²) in [5.41, 5.74) is 0.250. The lowest BCUT2D eigenvalue weighted by molar-refractivity contribution is -0.384. The van der Waals surface area contributed by atoms with Crippen LogP contribution in [0.4, 0.5) is 11.4 Å². The van der Waals surface area contributed by atoms with E-state index in [1.54, 1.807) is 13.8 Å². The Hall–Kier alpha value is -2.64. The molecule has 0 aromatic heterocycles. The lowest BCUT2D eigenvalue weighted by atomic mass is 10.1. The molecule has 0 fully saturated rings. The SMILES string of the molecule is CC(C)NC(=O)c1ccc(NCCCC(=O)O)c([N+](=O)[O-])c1. The Balaban J connectivity index is 2.84. The van der Waals surface area contributed by atoms with Gasteiger partial charge in [-0.15, -0.1) is 0 Å². The summed E-state index contributed by atoms with van der Waals surface area (Å²) in [6.45, 7) is 3.89. The summed E-state index contributed by atoms with van der Waals surface area (Å²) >= 11 is 0. The van der Waals surface area contributed by atoms with Crippen LogP contribution in [0.5, 0.6) is 0 Å². The van der Waals surface area contributed by atoms with Crippen LogP contribution in [0, 0.1) is 10.1 Å². The van der Waals surface area contributed by atoms with E-state index in [9.17, 15) is 19.7 Å². The van der Waals surface area contributed by atoms with Gasteiger partial charge in [0.05, 0.1) is 4.92 Å². The molecule has 8 nitrogen and oxygen atoms in total. The molecule has 0 saturated carbocycles. The van der Waals surface area contributed by atoms with Crippen molar-refractivity contribution < 1.29 is 19.6 Å². The van der Waals surface area contributed by atoms with Crippen molar-refractivity contribution in [1.29, 1.82) is 0 Å². The van der Waals surface area contributed by atoms with Crippen LogP contribution >= 0.6 is 0 Å². The monoisotopic (exact) mass is 309 g/mol. The molecule has 0 saturated heterocycles. The molecule has 0 unspecified atom stereocenters. The second kappa shape index (κ2) is 7.96. The highest BCUT2D eigenvalue weighted by atomic mass is 16.6. The summed E-state index contributed by atoms with van der Waals surface area (Å²) in [5, 5.41) is 25.1. The maximum Gasteiger partial charge on any atom is 0.303 e. The van der Waals surface area contributed by atoms with Crippen LogP contribution in [0.2, 0.25) is 0 Å². The molecule has 1 aromatic carbocycles. The van der Waals surface area contributed by atoms with E-state index >= 15 is 0 Å². The molecular formula is C14H19N3O5. The van der Waals surface area contributed by atoms with Gasteiger partial charge in [0.25, 0.3) is 11.6 Å². The van der Waals surface area contributed by atoms with E-state index < -0.39 is 10.9 Å². The van der Waals surface area contributed by atoms with Gasteiger partial charge < -0.3 is 15.7 Å². The van der Waals surface area contributed by atoms with Gasteiger partial charge in [0.2, 0.25) is 0 Å². The molecule has 8 heteroatoms. The van der Waals surface area contributed by atoms with Crippen molar-refractivity contribution in [3.8, 4) is 0 Å². The molecule has 1 rings (SSSR count). The van der Waals surface area contributed by atoms with E-state index in [2.05, 4.69) is 10.6 Å². The Kier molecular flexibility index (Phi) is 6.30. The number of amides is 1. The third kappa shape index (κ3) is 5.39. The van der Waals surface area contributed by atoms with Crippen molar-refractivity contribution in [3.63, 3.8) is 0 Å². The number of nitro groups is 1. The zero-order chi connectivity index (χ0) is 16.7. The fraction of sp³-hybridized carbons (Fsp3) is 0.429. The predicted octanol–water partition coefficient (Wildman–Crippen LogP) is 2.01. The number of carbonyl (C=O) groups is 2. The Bertz CT molecular complexity index is 572. The smallest absolute Gasteiger partial charge is 0.303 e. The first-order valence-electron chi connectivity index (χ1n) is 6.86.